The SMILES string of the molecule is CCN(CC)C(=O)c1ccccc1[Si](C)(C)C. The molecule has 1 rings (SSSR count). The van der Waals surface area contributed by atoms with Crippen LogP contribution in [0.15, 0.2) is 24.3 Å². The fraction of sp³-hybridized carbons (Fsp3) is 0.500. The van der Waals surface area contributed by atoms with Crippen LogP contribution in [0.25, 0.3) is 0 Å². The van der Waals surface area contributed by atoms with E-state index in [1.165, 1.54) is 5.19 Å². The van der Waals surface area contributed by atoms with Gasteiger partial charge in [-0.25, -0.2) is 0 Å². The molecule has 0 aliphatic rings. The molecule has 1 aromatic carbocycles. The van der Waals surface area contributed by atoms with E-state index >= 15 is 0 Å². The molecule has 17 heavy (non-hydrogen) atoms. The second-order valence-electron chi connectivity index (χ2n) is 5.27. The van der Waals surface area contributed by atoms with Crippen molar-refractivity contribution in [3.8, 4) is 0 Å². The molecule has 0 radical (unpaired) electrons. The summed E-state index contributed by atoms with van der Waals surface area (Å²) in [5, 5.41) is 1.26. The first kappa shape index (κ1) is 14.0. The third kappa shape index (κ3) is 3.19. The summed E-state index contributed by atoms with van der Waals surface area (Å²) in [7, 11) is -1.46. The van der Waals surface area contributed by atoms with Crippen molar-refractivity contribution in [3.63, 3.8) is 0 Å². The Kier molecular flexibility index (Phi) is 4.51. The molecule has 0 saturated heterocycles. The maximum absolute atomic E-state index is 12.4. The molecule has 0 N–H and O–H groups in total. The Labute approximate surface area is 106 Å². The van der Waals surface area contributed by atoms with Crippen LogP contribution in [0.5, 0.6) is 0 Å². The van der Waals surface area contributed by atoms with Crippen molar-refractivity contribution in [2.45, 2.75) is 33.5 Å². The molecule has 0 spiro atoms. The Morgan fingerprint density at radius 3 is 2.12 bits per heavy atom. The number of nitrogens with zero attached hydrogens (tertiary/aromatic N) is 1. The number of hydrogen-bond acceptors (Lipinski definition) is 1. The Hall–Kier alpha value is -1.09. The van der Waals surface area contributed by atoms with Crippen molar-refractivity contribution in [3.05, 3.63) is 29.8 Å². The Morgan fingerprint density at radius 1 is 1.12 bits per heavy atom. The molecule has 0 atom stereocenters. The molecular formula is C14H23NOSi. The highest BCUT2D eigenvalue weighted by Gasteiger charge is 2.24. The molecule has 2 nitrogen and oxygen atoms in total. The zero-order valence-corrected chi connectivity index (χ0v) is 12.6. The molecule has 1 amide bonds. The van der Waals surface area contributed by atoms with Crippen LogP contribution in [0.2, 0.25) is 19.6 Å². The third-order valence-electron chi connectivity index (χ3n) is 3.02. The quantitative estimate of drug-likeness (QED) is 0.751. The van der Waals surface area contributed by atoms with Crippen LogP contribution in [-0.4, -0.2) is 32.0 Å². The maximum Gasteiger partial charge on any atom is 0.253 e. The van der Waals surface area contributed by atoms with E-state index in [4.69, 9.17) is 0 Å². The van der Waals surface area contributed by atoms with Crippen LogP contribution in [0.1, 0.15) is 24.2 Å². The first-order chi connectivity index (χ1) is 7.91. The molecule has 0 aliphatic carbocycles. The molecule has 0 unspecified atom stereocenters. The number of rotatable bonds is 4. The minimum absolute atomic E-state index is 0.174. The molecule has 1 aromatic rings. The zero-order chi connectivity index (χ0) is 13.1. The number of carbonyl (C=O) groups excluding carboxylic acids is 1. The van der Waals surface area contributed by atoms with Gasteiger partial charge in [0.2, 0.25) is 0 Å². The van der Waals surface area contributed by atoms with Crippen molar-refractivity contribution >= 4 is 19.2 Å². The van der Waals surface area contributed by atoms with Gasteiger partial charge in [0.15, 0.2) is 0 Å². The Bertz CT molecular complexity index is 391. The molecule has 94 valence electrons. The highest BCUT2D eigenvalue weighted by Crippen LogP contribution is 2.10. The molecule has 3 heteroatoms. The van der Waals surface area contributed by atoms with Crippen LogP contribution in [0.3, 0.4) is 0 Å². The predicted molar refractivity (Wildman–Crippen MR) is 76.7 cm³/mol. The average Bonchev–Trinajstić information content (AvgIpc) is 2.29. The lowest BCUT2D eigenvalue weighted by Crippen LogP contribution is -2.44. The van der Waals surface area contributed by atoms with Gasteiger partial charge in [-0.1, -0.05) is 37.8 Å². The van der Waals surface area contributed by atoms with E-state index in [-0.39, 0.29) is 5.91 Å². The first-order valence-electron chi connectivity index (χ1n) is 6.30. The molecule has 0 aromatic heterocycles. The highest BCUT2D eigenvalue weighted by atomic mass is 28.3. The Balaban J connectivity index is 3.18. The number of benzene rings is 1. The smallest absolute Gasteiger partial charge is 0.253 e. The van der Waals surface area contributed by atoms with Crippen molar-refractivity contribution in [1.29, 1.82) is 0 Å². The average molecular weight is 249 g/mol. The van der Waals surface area contributed by atoms with E-state index in [1.54, 1.807) is 0 Å². The van der Waals surface area contributed by atoms with E-state index < -0.39 is 8.07 Å². The van der Waals surface area contributed by atoms with E-state index in [0.717, 1.165) is 18.7 Å². The van der Waals surface area contributed by atoms with E-state index in [1.807, 2.05) is 36.9 Å². The van der Waals surface area contributed by atoms with Gasteiger partial charge in [-0.15, -0.1) is 0 Å². The van der Waals surface area contributed by atoms with Gasteiger partial charge in [0.1, 0.15) is 0 Å². The fourth-order valence-corrected chi connectivity index (χ4v) is 3.60. The lowest BCUT2D eigenvalue weighted by atomic mass is 10.2. The van der Waals surface area contributed by atoms with Crippen LogP contribution in [0.4, 0.5) is 0 Å². The van der Waals surface area contributed by atoms with Crippen LogP contribution in [-0.2, 0) is 0 Å². The minimum atomic E-state index is -1.46. The number of carbonyl (C=O) groups is 1. The molecule has 0 bridgehead atoms. The lowest BCUT2D eigenvalue weighted by Gasteiger charge is -2.24. The van der Waals surface area contributed by atoms with Crippen molar-refractivity contribution in [1.82, 2.24) is 4.90 Å². The summed E-state index contributed by atoms with van der Waals surface area (Å²) in [6.45, 7) is 12.4. The number of hydrogen-bond donors (Lipinski definition) is 0. The summed E-state index contributed by atoms with van der Waals surface area (Å²) in [4.78, 5) is 14.3. The van der Waals surface area contributed by atoms with Gasteiger partial charge in [-0.3, -0.25) is 4.79 Å². The van der Waals surface area contributed by atoms with Gasteiger partial charge in [0.25, 0.3) is 5.91 Å². The van der Waals surface area contributed by atoms with Gasteiger partial charge in [-0.05, 0) is 25.1 Å². The normalized spacial score (nSPS) is 11.4. The van der Waals surface area contributed by atoms with Crippen LogP contribution < -0.4 is 5.19 Å². The molecule has 0 aliphatic heterocycles. The third-order valence-corrected chi connectivity index (χ3v) is 5.07. The van der Waals surface area contributed by atoms with Crippen LogP contribution in [0, 0.1) is 0 Å². The summed E-state index contributed by atoms with van der Waals surface area (Å²) in [6.07, 6.45) is 0. The van der Waals surface area contributed by atoms with Gasteiger partial charge < -0.3 is 4.90 Å². The van der Waals surface area contributed by atoms with E-state index in [2.05, 4.69) is 25.7 Å². The standard InChI is InChI=1S/C14H23NOSi/c1-6-15(7-2)14(16)12-10-8-9-11-13(12)17(3,4)5/h8-11H,6-7H2,1-5H3. The summed E-state index contributed by atoms with van der Waals surface area (Å²) < 4.78 is 0. The summed E-state index contributed by atoms with van der Waals surface area (Å²) >= 11 is 0. The first-order valence-corrected chi connectivity index (χ1v) is 9.80. The lowest BCUT2D eigenvalue weighted by molar-refractivity contribution is 0.0774. The molecule has 0 saturated carbocycles. The van der Waals surface area contributed by atoms with Gasteiger partial charge in [0.05, 0.1) is 8.07 Å². The second kappa shape index (κ2) is 5.49. The van der Waals surface area contributed by atoms with Gasteiger partial charge in [-0.2, -0.15) is 0 Å². The molecule has 0 heterocycles. The fourth-order valence-electron chi connectivity index (χ4n) is 2.00. The summed E-state index contributed by atoms with van der Waals surface area (Å²) in [5.74, 6) is 0.174. The molecular weight excluding hydrogens is 226 g/mol. The zero-order valence-electron chi connectivity index (χ0n) is 11.6. The largest absolute Gasteiger partial charge is 0.339 e. The highest BCUT2D eigenvalue weighted by molar-refractivity contribution is 6.89. The molecule has 0 fully saturated rings. The maximum atomic E-state index is 12.4. The topological polar surface area (TPSA) is 20.3 Å². The minimum Gasteiger partial charge on any atom is -0.339 e. The van der Waals surface area contributed by atoms with Crippen LogP contribution >= 0.6 is 0 Å². The van der Waals surface area contributed by atoms with Crippen molar-refractivity contribution in [2.24, 2.45) is 0 Å². The summed E-state index contributed by atoms with van der Waals surface area (Å²) in [6, 6.07) is 8.07. The van der Waals surface area contributed by atoms with Gasteiger partial charge in [0, 0.05) is 18.7 Å². The Morgan fingerprint density at radius 2 is 1.65 bits per heavy atom. The van der Waals surface area contributed by atoms with Crippen molar-refractivity contribution < 1.29 is 4.79 Å². The van der Waals surface area contributed by atoms with Crippen molar-refractivity contribution in [2.75, 3.05) is 13.1 Å². The number of amides is 1. The van der Waals surface area contributed by atoms with E-state index in [0.29, 0.717) is 0 Å². The predicted octanol–water partition coefficient (Wildman–Crippen LogP) is 2.71. The van der Waals surface area contributed by atoms with Gasteiger partial charge >= 0.3 is 0 Å². The van der Waals surface area contributed by atoms with E-state index in [9.17, 15) is 4.79 Å². The second-order valence-corrected chi connectivity index (χ2v) is 10.3. The monoisotopic (exact) mass is 249 g/mol. The summed E-state index contributed by atoms with van der Waals surface area (Å²) in [5.41, 5.74) is 0.898.